The van der Waals surface area contributed by atoms with Gasteiger partial charge >= 0.3 is 0 Å². The summed E-state index contributed by atoms with van der Waals surface area (Å²) < 4.78 is 7.78. The predicted molar refractivity (Wildman–Crippen MR) is 80.5 cm³/mol. The number of ether oxygens (including phenoxy) is 1. The summed E-state index contributed by atoms with van der Waals surface area (Å²) in [5.41, 5.74) is 8.09. The van der Waals surface area contributed by atoms with Gasteiger partial charge in [-0.1, -0.05) is 6.92 Å². The topological polar surface area (TPSA) is 56.3 Å². The van der Waals surface area contributed by atoms with E-state index in [0.29, 0.717) is 6.10 Å². The van der Waals surface area contributed by atoms with Gasteiger partial charge in [0.1, 0.15) is 0 Å². The van der Waals surface area contributed by atoms with Crippen LogP contribution >= 0.6 is 0 Å². The van der Waals surface area contributed by atoms with Gasteiger partial charge in [0.15, 0.2) is 0 Å². The van der Waals surface area contributed by atoms with Crippen molar-refractivity contribution in [2.24, 2.45) is 12.8 Å². The van der Waals surface area contributed by atoms with Crippen LogP contribution in [0.4, 0.5) is 0 Å². The van der Waals surface area contributed by atoms with Crippen LogP contribution in [0.15, 0.2) is 6.20 Å². The van der Waals surface area contributed by atoms with Gasteiger partial charge in [-0.25, -0.2) is 0 Å². The Kier molecular flexibility index (Phi) is 6.01. The Bertz CT molecular complexity index is 397. The number of likely N-dealkylation sites (tertiary alicyclic amines) is 1. The Labute approximate surface area is 122 Å². The molecule has 0 spiro atoms. The molecule has 2 rings (SSSR count). The molecule has 0 amide bonds. The molecule has 0 saturated carbocycles. The zero-order valence-corrected chi connectivity index (χ0v) is 12.8. The fraction of sp³-hybridized carbons (Fsp3) is 0.800. The fourth-order valence-electron chi connectivity index (χ4n) is 2.82. The maximum atomic E-state index is 5.85. The molecule has 0 bridgehead atoms. The number of aryl methyl sites for hydroxylation is 2. The van der Waals surface area contributed by atoms with Gasteiger partial charge in [0, 0.05) is 45.0 Å². The van der Waals surface area contributed by atoms with E-state index < -0.39 is 0 Å². The third-order valence-corrected chi connectivity index (χ3v) is 3.96. The number of aromatic nitrogens is 2. The van der Waals surface area contributed by atoms with E-state index in [0.717, 1.165) is 58.5 Å². The summed E-state index contributed by atoms with van der Waals surface area (Å²) in [6, 6.07) is 0. The van der Waals surface area contributed by atoms with Crippen molar-refractivity contribution in [3.63, 3.8) is 0 Å². The van der Waals surface area contributed by atoms with E-state index in [1.807, 2.05) is 11.7 Å². The first-order valence-electron chi connectivity index (χ1n) is 7.78. The van der Waals surface area contributed by atoms with Crippen LogP contribution in [0, 0.1) is 0 Å². The van der Waals surface area contributed by atoms with Gasteiger partial charge in [0.2, 0.25) is 0 Å². The highest BCUT2D eigenvalue weighted by molar-refractivity contribution is 5.16. The Hall–Kier alpha value is -0.910. The van der Waals surface area contributed by atoms with Crippen molar-refractivity contribution in [2.45, 2.75) is 45.3 Å². The molecule has 0 aromatic carbocycles. The Balaban J connectivity index is 1.76. The minimum Gasteiger partial charge on any atom is -0.378 e. The smallest absolute Gasteiger partial charge is 0.0666 e. The summed E-state index contributed by atoms with van der Waals surface area (Å²) in [4.78, 5) is 2.51. The highest BCUT2D eigenvalue weighted by atomic mass is 16.5. The molecule has 5 nitrogen and oxygen atoms in total. The number of nitrogens with zero attached hydrogens (tertiary/aromatic N) is 3. The first-order valence-corrected chi connectivity index (χ1v) is 7.78. The van der Waals surface area contributed by atoms with Crippen LogP contribution in [0.2, 0.25) is 0 Å². The highest BCUT2D eigenvalue weighted by Crippen LogP contribution is 2.18. The minimum atomic E-state index is 0.428. The molecular formula is C15H28N4O. The highest BCUT2D eigenvalue weighted by Gasteiger charge is 2.20. The van der Waals surface area contributed by atoms with Crippen molar-refractivity contribution < 1.29 is 4.74 Å². The zero-order chi connectivity index (χ0) is 14.4. The van der Waals surface area contributed by atoms with Crippen LogP contribution in [0.1, 0.15) is 37.4 Å². The van der Waals surface area contributed by atoms with E-state index in [1.165, 1.54) is 11.3 Å². The summed E-state index contributed by atoms with van der Waals surface area (Å²) >= 11 is 0. The lowest BCUT2D eigenvalue weighted by atomic mass is 10.1. The lowest BCUT2D eigenvalue weighted by Crippen LogP contribution is -2.36. The molecule has 1 aliphatic heterocycles. The summed E-state index contributed by atoms with van der Waals surface area (Å²) in [6.07, 6.45) is 6.82. The minimum absolute atomic E-state index is 0.428. The van der Waals surface area contributed by atoms with Crippen LogP contribution in [-0.4, -0.2) is 47.0 Å². The Morgan fingerprint density at radius 2 is 2.15 bits per heavy atom. The first-order chi connectivity index (χ1) is 9.72. The van der Waals surface area contributed by atoms with Crippen molar-refractivity contribution in [2.75, 3.05) is 26.2 Å². The second-order valence-electron chi connectivity index (χ2n) is 5.62. The quantitative estimate of drug-likeness (QED) is 0.765. The summed E-state index contributed by atoms with van der Waals surface area (Å²) in [5.74, 6) is 0. The average Bonchev–Trinajstić information content (AvgIpc) is 2.81. The van der Waals surface area contributed by atoms with Gasteiger partial charge in [0.05, 0.1) is 11.8 Å². The molecule has 0 atom stereocenters. The molecule has 2 heterocycles. The van der Waals surface area contributed by atoms with E-state index in [9.17, 15) is 0 Å². The van der Waals surface area contributed by atoms with Crippen LogP contribution in [0.5, 0.6) is 0 Å². The standard InChI is InChI=1S/C15H28N4O/c1-3-15-13(11-18(2)17-15)12-19-8-5-14(6-9-19)20-10-4-7-16/h11,14H,3-10,12,16H2,1-2H3. The molecule has 1 aliphatic rings. The summed E-state index contributed by atoms with van der Waals surface area (Å²) in [7, 11) is 2.00. The lowest BCUT2D eigenvalue weighted by Gasteiger charge is -2.31. The van der Waals surface area contributed by atoms with Gasteiger partial charge in [-0.2, -0.15) is 5.10 Å². The number of rotatable bonds is 7. The normalized spacial score (nSPS) is 17.8. The average molecular weight is 280 g/mol. The van der Waals surface area contributed by atoms with Crippen LogP contribution < -0.4 is 5.73 Å². The number of hydrogen-bond acceptors (Lipinski definition) is 4. The van der Waals surface area contributed by atoms with Crippen LogP contribution in [0.25, 0.3) is 0 Å². The maximum absolute atomic E-state index is 5.85. The third-order valence-electron chi connectivity index (χ3n) is 3.96. The van der Waals surface area contributed by atoms with Gasteiger partial charge in [-0.3, -0.25) is 9.58 Å². The van der Waals surface area contributed by atoms with E-state index in [1.54, 1.807) is 0 Å². The zero-order valence-electron chi connectivity index (χ0n) is 12.8. The fourth-order valence-corrected chi connectivity index (χ4v) is 2.82. The largest absolute Gasteiger partial charge is 0.378 e. The third kappa shape index (κ3) is 4.30. The monoisotopic (exact) mass is 280 g/mol. The molecule has 20 heavy (non-hydrogen) atoms. The predicted octanol–water partition coefficient (Wildman–Crippen LogP) is 1.31. The molecule has 5 heteroatoms. The molecule has 0 unspecified atom stereocenters. The Morgan fingerprint density at radius 3 is 2.80 bits per heavy atom. The molecule has 114 valence electrons. The SMILES string of the molecule is CCc1nn(C)cc1CN1CCC(OCCCN)CC1. The van der Waals surface area contributed by atoms with Crippen molar-refractivity contribution in [1.82, 2.24) is 14.7 Å². The van der Waals surface area contributed by atoms with Crippen molar-refractivity contribution in [3.8, 4) is 0 Å². The molecule has 2 N–H and O–H groups in total. The molecule has 0 radical (unpaired) electrons. The van der Waals surface area contributed by atoms with Gasteiger partial charge in [-0.15, -0.1) is 0 Å². The van der Waals surface area contributed by atoms with Gasteiger partial charge in [-0.05, 0) is 32.2 Å². The van der Waals surface area contributed by atoms with Crippen molar-refractivity contribution in [3.05, 3.63) is 17.5 Å². The van der Waals surface area contributed by atoms with E-state index in [2.05, 4.69) is 23.1 Å². The van der Waals surface area contributed by atoms with Crippen LogP contribution in [-0.2, 0) is 24.8 Å². The lowest BCUT2D eigenvalue weighted by molar-refractivity contribution is 0.00559. The first kappa shape index (κ1) is 15.5. The second kappa shape index (κ2) is 7.76. The van der Waals surface area contributed by atoms with Crippen molar-refractivity contribution in [1.29, 1.82) is 0 Å². The molecule has 1 aromatic rings. The molecule has 0 aliphatic carbocycles. The molecule has 1 saturated heterocycles. The number of piperidine rings is 1. The molecule has 1 fully saturated rings. The summed E-state index contributed by atoms with van der Waals surface area (Å²) in [6.45, 7) is 6.95. The van der Waals surface area contributed by atoms with Crippen LogP contribution in [0.3, 0.4) is 0 Å². The van der Waals surface area contributed by atoms with E-state index in [-0.39, 0.29) is 0 Å². The Morgan fingerprint density at radius 1 is 1.40 bits per heavy atom. The van der Waals surface area contributed by atoms with Crippen molar-refractivity contribution >= 4 is 0 Å². The maximum Gasteiger partial charge on any atom is 0.0666 e. The molecular weight excluding hydrogens is 252 g/mol. The van der Waals surface area contributed by atoms with E-state index in [4.69, 9.17) is 10.5 Å². The summed E-state index contributed by atoms with van der Waals surface area (Å²) in [5, 5.41) is 4.51. The number of hydrogen-bond donors (Lipinski definition) is 1. The van der Waals surface area contributed by atoms with Gasteiger partial charge in [0.25, 0.3) is 0 Å². The molecule has 1 aromatic heterocycles. The number of nitrogens with two attached hydrogens (primary N) is 1. The van der Waals surface area contributed by atoms with E-state index >= 15 is 0 Å². The second-order valence-corrected chi connectivity index (χ2v) is 5.62. The van der Waals surface area contributed by atoms with Gasteiger partial charge < -0.3 is 10.5 Å².